The van der Waals surface area contributed by atoms with E-state index >= 15 is 0 Å². The molecular formula is C20H24N6OS. The van der Waals surface area contributed by atoms with Crippen molar-refractivity contribution >= 4 is 34.4 Å². The van der Waals surface area contributed by atoms with E-state index in [1.807, 2.05) is 24.4 Å². The molecule has 3 N–H and O–H groups in total. The fourth-order valence-corrected chi connectivity index (χ4v) is 3.81. The number of thiocarbonyl (C=S) groups is 1. The van der Waals surface area contributed by atoms with Crippen LogP contribution in [0.15, 0.2) is 41.6 Å². The van der Waals surface area contributed by atoms with Crippen molar-refractivity contribution in [1.29, 1.82) is 0 Å². The van der Waals surface area contributed by atoms with Crippen LogP contribution >= 0.6 is 12.2 Å². The summed E-state index contributed by atoms with van der Waals surface area (Å²) in [6.45, 7) is 6.21. The average molecular weight is 397 g/mol. The Kier molecular flexibility index (Phi) is 5.29. The maximum absolute atomic E-state index is 9.67. The van der Waals surface area contributed by atoms with E-state index in [-0.39, 0.29) is 0 Å². The number of aromatic nitrogens is 1. The first-order valence-corrected chi connectivity index (χ1v) is 9.88. The number of phenolic OH excluding ortho intramolecular Hbond substituents is 1. The zero-order valence-electron chi connectivity index (χ0n) is 15.9. The van der Waals surface area contributed by atoms with Gasteiger partial charge in [0.05, 0.1) is 11.4 Å². The molecule has 4 rings (SSSR count). The van der Waals surface area contributed by atoms with Gasteiger partial charge in [-0.3, -0.25) is 10.4 Å². The number of benzene rings is 1. The first-order chi connectivity index (χ1) is 13.6. The van der Waals surface area contributed by atoms with Crippen LogP contribution in [0.4, 0.5) is 11.4 Å². The van der Waals surface area contributed by atoms with Crippen LogP contribution in [0.5, 0.6) is 5.75 Å². The predicted octanol–water partition coefficient (Wildman–Crippen LogP) is 2.31. The van der Waals surface area contributed by atoms with Gasteiger partial charge < -0.3 is 20.2 Å². The number of anilines is 2. The van der Waals surface area contributed by atoms with E-state index in [1.165, 1.54) is 5.56 Å². The van der Waals surface area contributed by atoms with Gasteiger partial charge in [-0.1, -0.05) is 6.07 Å². The highest BCUT2D eigenvalue weighted by atomic mass is 32.1. The smallest absolute Gasteiger partial charge is 0.189 e. The largest absolute Gasteiger partial charge is 0.508 e. The maximum atomic E-state index is 9.67. The predicted molar refractivity (Wildman–Crippen MR) is 116 cm³/mol. The standard InChI is InChI=1S/C20H24N6OS/c1-14-5-7-22-19-17(6-8-21-18(14)19)23-24-20(28)26-11-9-25(10-12-26)15-3-2-4-16(27)13-15/h2-5,7,13,21,27H,6,8-12H2,1H3,(H,24,28)/b23-17-. The quantitative estimate of drug-likeness (QED) is 0.531. The Labute approximate surface area is 170 Å². The number of pyridine rings is 1. The van der Waals surface area contributed by atoms with E-state index in [0.717, 1.165) is 61.9 Å². The van der Waals surface area contributed by atoms with Crippen LogP contribution in [0.3, 0.4) is 0 Å². The Bertz CT molecular complexity index is 907. The summed E-state index contributed by atoms with van der Waals surface area (Å²) >= 11 is 5.56. The first-order valence-electron chi connectivity index (χ1n) is 9.47. The molecule has 1 aromatic carbocycles. The summed E-state index contributed by atoms with van der Waals surface area (Å²) in [7, 11) is 0. The highest BCUT2D eigenvalue weighted by Crippen LogP contribution is 2.24. The molecular weight excluding hydrogens is 372 g/mol. The molecule has 0 radical (unpaired) electrons. The first kappa shape index (κ1) is 18.5. The number of aromatic hydroxyl groups is 1. The molecule has 0 atom stereocenters. The highest BCUT2D eigenvalue weighted by molar-refractivity contribution is 7.80. The van der Waals surface area contributed by atoms with Crippen molar-refractivity contribution in [3.8, 4) is 5.75 Å². The van der Waals surface area contributed by atoms with E-state index < -0.39 is 0 Å². The minimum absolute atomic E-state index is 0.291. The second-order valence-corrected chi connectivity index (χ2v) is 7.38. The van der Waals surface area contributed by atoms with Crippen molar-refractivity contribution in [1.82, 2.24) is 15.3 Å². The van der Waals surface area contributed by atoms with Crippen LogP contribution in [0.2, 0.25) is 0 Å². The van der Waals surface area contributed by atoms with Gasteiger partial charge in [-0.05, 0) is 42.9 Å². The summed E-state index contributed by atoms with van der Waals surface area (Å²) < 4.78 is 0. The lowest BCUT2D eigenvalue weighted by Crippen LogP contribution is -2.51. The third-order valence-electron chi connectivity index (χ3n) is 5.14. The number of piperazine rings is 1. The van der Waals surface area contributed by atoms with Crippen molar-refractivity contribution in [2.45, 2.75) is 13.3 Å². The van der Waals surface area contributed by atoms with Gasteiger partial charge in [0.2, 0.25) is 0 Å². The number of phenols is 1. The van der Waals surface area contributed by atoms with Crippen molar-refractivity contribution < 1.29 is 5.11 Å². The molecule has 2 aliphatic heterocycles. The zero-order valence-corrected chi connectivity index (χ0v) is 16.7. The molecule has 146 valence electrons. The van der Waals surface area contributed by atoms with Crippen LogP contribution in [0, 0.1) is 6.92 Å². The van der Waals surface area contributed by atoms with Crippen molar-refractivity contribution in [3.05, 3.63) is 47.8 Å². The summed E-state index contributed by atoms with van der Waals surface area (Å²) in [5.41, 5.74) is 8.15. The number of aryl methyl sites for hydroxylation is 1. The number of nitrogens with zero attached hydrogens (tertiary/aromatic N) is 4. The molecule has 2 aliphatic rings. The Morgan fingerprint density at radius 1 is 1.25 bits per heavy atom. The van der Waals surface area contributed by atoms with Gasteiger partial charge in [-0.15, -0.1) is 0 Å². The number of hydrogen-bond donors (Lipinski definition) is 3. The highest BCUT2D eigenvalue weighted by Gasteiger charge is 2.21. The van der Waals surface area contributed by atoms with Gasteiger partial charge in [-0.2, -0.15) is 5.10 Å². The Hall–Kier alpha value is -2.87. The van der Waals surface area contributed by atoms with Crippen molar-refractivity contribution in [3.63, 3.8) is 0 Å². The second-order valence-electron chi connectivity index (χ2n) is 7.00. The van der Waals surface area contributed by atoms with E-state index in [4.69, 9.17) is 12.2 Å². The van der Waals surface area contributed by atoms with Gasteiger partial charge in [0.25, 0.3) is 0 Å². The maximum Gasteiger partial charge on any atom is 0.189 e. The molecule has 0 spiro atoms. The molecule has 0 aliphatic carbocycles. The summed E-state index contributed by atoms with van der Waals surface area (Å²) in [5, 5.41) is 18.3. The number of fused-ring (bicyclic) bond motifs is 1. The lowest BCUT2D eigenvalue weighted by molar-refractivity contribution is 0.381. The lowest BCUT2D eigenvalue weighted by Gasteiger charge is -2.37. The number of hydrazone groups is 1. The van der Waals surface area contributed by atoms with Crippen LogP contribution in [0.1, 0.15) is 17.7 Å². The minimum atomic E-state index is 0.291. The van der Waals surface area contributed by atoms with E-state index in [2.05, 4.69) is 37.6 Å². The number of hydrogen-bond acceptors (Lipinski definition) is 6. The molecule has 2 aromatic rings. The molecule has 7 nitrogen and oxygen atoms in total. The van der Waals surface area contributed by atoms with Crippen LogP contribution < -0.4 is 15.6 Å². The summed E-state index contributed by atoms with van der Waals surface area (Å²) in [6.07, 6.45) is 2.62. The third-order valence-corrected chi connectivity index (χ3v) is 5.49. The van der Waals surface area contributed by atoms with Crippen LogP contribution in [0.25, 0.3) is 0 Å². The van der Waals surface area contributed by atoms with Gasteiger partial charge in [-0.25, -0.2) is 0 Å². The fourth-order valence-electron chi connectivity index (χ4n) is 3.58. The van der Waals surface area contributed by atoms with E-state index in [0.29, 0.717) is 10.9 Å². The van der Waals surface area contributed by atoms with Crippen molar-refractivity contribution in [2.75, 3.05) is 42.9 Å². The Morgan fingerprint density at radius 3 is 2.86 bits per heavy atom. The minimum Gasteiger partial charge on any atom is -0.508 e. The lowest BCUT2D eigenvalue weighted by atomic mass is 10.0. The normalized spacial score (nSPS) is 17.8. The van der Waals surface area contributed by atoms with E-state index in [9.17, 15) is 5.11 Å². The molecule has 1 aromatic heterocycles. The number of rotatable bonds is 2. The molecule has 28 heavy (non-hydrogen) atoms. The average Bonchev–Trinajstić information content (AvgIpc) is 2.72. The summed E-state index contributed by atoms with van der Waals surface area (Å²) in [4.78, 5) is 8.87. The molecule has 0 bridgehead atoms. The SMILES string of the molecule is Cc1ccnc2c1NCC/C2=N/NC(=S)N1CCN(c2cccc(O)c2)CC1. The summed E-state index contributed by atoms with van der Waals surface area (Å²) in [5.74, 6) is 0.291. The molecule has 1 fully saturated rings. The topological polar surface area (TPSA) is 76.0 Å². The zero-order chi connectivity index (χ0) is 19.5. The fraction of sp³-hybridized carbons (Fsp3) is 0.350. The van der Waals surface area contributed by atoms with Gasteiger partial charge in [0, 0.05) is 57.1 Å². The molecule has 3 heterocycles. The van der Waals surface area contributed by atoms with Crippen LogP contribution in [-0.2, 0) is 0 Å². The van der Waals surface area contributed by atoms with Gasteiger partial charge >= 0.3 is 0 Å². The molecule has 0 unspecified atom stereocenters. The molecule has 8 heteroatoms. The monoisotopic (exact) mass is 396 g/mol. The van der Waals surface area contributed by atoms with Crippen molar-refractivity contribution in [2.24, 2.45) is 5.10 Å². The Balaban J connectivity index is 1.37. The van der Waals surface area contributed by atoms with Gasteiger partial charge in [0.1, 0.15) is 11.4 Å². The Morgan fingerprint density at radius 2 is 2.07 bits per heavy atom. The molecule has 0 amide bonds. The molecule has 0 saturated carbocycles. The summed E-state index contributed by atoms with van der Waals surface area (Å²) in [6, 6.07) is 9.36. The second kappa shape index (κ2) is 8.02. The van der Waals surface area contributed by atoms with Crippen LogP contribution in [-0.4, -0.2) is 58.5 Å². The van der Waals surface area contributed by atoms with Gasteiger partial charge in [0.15, 0.2) is 5.11 Å². The third kappa shape index (κ3) is 3.87. The molecule has 1 saturated heterocycles. The van der Waals surface area contributed by atoms with E-state index in [1.54, 1.807) is 12.1 Å². The number of nitrogens with one attached hydrogen (secondary N) is 2.